The van der Waals surface area contributed by atoms with Crippen LogP contribution in [0.25, 0.3) is 0 Å². The molecule has 0 aliphatic carbocycles. The van der Waals surface area contributed by atoms with Gasteiger partial charge in [-0.15, -0.1) is 0 Å². The number of hydrogen-bond donors (Lipinski definition) is 2. The fourth-order valence-electron chi connectivity index (χ4n) is 1.03. The Balaban J connectivity index is 3.12. The number of aliphatic hydroxyl groups is 2. The molecule has 0 fully saturated rings. The Morgan fingerprint density at radius 1 is 1.15 bits per heavy atom. The Morgan fingerprint density at radius 2 is 1.62 bits per heavy atom. The summed E-state index contributed by atoms with van der Waals surface area (Å²) in [5, 5.41) is 18.2. The van der Waals surface area contributed by atoms with E-state index in [-0.39, 0.29) is 0 Å². The van der Waals surface area contributed by atoms with Crippen LogP contribution >= 0.6 is 0 Å². The topological polar surface area (TPSA) is 40.5 Å². The van der Waals surface area contributed by atoms with E-state index in [0.29, 0.717) is 0 Å². The predicted molar refractivity (Wildman–Crippen MR) is 43.0 cm³/mol. The highest BCUT2D eigenvalue weighted by Gasteiger charge is 2.21. The molecular formula is C9H10F2O2. The summed E-state index contributed by atoms with van der Waals surface area (Å²) in [7, 11) is 0. The molecule has 0 aliphatic rings. The molecule has 0 spiro atoms. The second-order valence-corrected chi connectivity index (χ2v) is 2.82. The maximum atomic E-state index is 13.0. The fourth-order valence-corrected chi connectivity index (χ4v) is 1.03. The first kappa shape index (κ1) is 10.1. The third kappa shape index (κ3) is 2.02. The first-order valence-corrected chi connectivity index (χ1v) is 3.84. The Hall–Kier alpha value is -1.00. The number of halogens is 2. The quantitative estimate of drug-likeness (QED) is 0.736. The lowest BCUT2D eigenvalue weighted by atomic mass is 10.0. The first-order valence-electron chi connectivity index (χ1n) is 3.84. The zero-order chi connectivity index (χ0) is 10.0. The maximum absolute atomic E-state index is 13.0. The smallest absolute Gasteiger partial charge is 0.132 e. The van der Waals surface area contributed by atoms with Gasteiger partial charge < -0.3 is 10.2 Å². The fraction of sp³-hybridized carbons (Fsp3) is 0.333. The lowest BCUT2D eigenvalue weighted by molar-refractivity contribution is 0.0259. The first-order chi connectivity index (χ1) is 6.04. The summed E-state index contributed by atoms with van der Waals surface area (Å²) in [6.45, 7) is 1.26. The van der Waals surface area contributed by atoms with Crippen LogP contribution in [0.3, 0.4) is 0 Å². The van der Waals surface area contributed by atoms with Crippen molar-refractivity contribution in [2.45, 2.75) is 19.1 Å². The van der Waals surface area contributed by atoms with Crippen molar-refractivity contribution in [2.24, 2.45) is 0 Å². The van der Waals surface area contributed by atoms with E-state index in [1.807, 2.05) is 0 Å². The van der Waals surface area contributed by atoms with Crippen LogP contribution < -0.4 is 0 Å². The van der Waals surface area contributed by atoms with Gasteiger partial charge in [-0.05, 0) is 19.1 Å². The summed E-state index contributed by atoms with van der Waals surface area (Å²) in [5.41, 5.74) is -0.488. The molecule has 0 amide bonds. The van der Waals surface area contributed by atoms with Crippen LogP contribution in [0.15, 0.2) is 18.2 Å². The number of benzene rings is 1. The monoisotopic (exact) mass is 188 g/mol. The Kier molecular flexibility index (Phi) is 2.95. The summed E-state index contributed by atoms with van der Waals surface area (Å²) in [5.74, 6) is -1.71. The summed E-state index contributed by atoms with van der Waals surface area (Å²) >= 11 is 0. The molecule has 0 heterocycles. The lowest BCUT2D eigenvalue weighted by Gasteiger charge is -2.14. The molecule has 0 saturated carbocycles. The predicted octanol–water partition coefficient (Wildman–Crippen LogP) is 1.38. The molecule has 0 bridgehead atoms. The van der Waals surface area contributed by atoms with Gasteiger partial charge in [0.05, 0.1) is 11.7 Å². The molecule has 1 aromatic carbocycles. The zero-order valence-electron chi connectivity index (χ0n) is 7.04. The zero-order valence-corrected chi connectivity index (χ0v) is 7.04. The van der Waals surface area contributed by atoms with Crippen LogP contribution in [-0.4, -0.2) is 16.3 Å². The van der Waals surface area contributed by atoms with Crippen molar-refractivity contribution in [3.05, 3.63) is 35.4 Å². The number of rotatable bonds is 2. The average molecular weight is 188 g/mol. The number of aliphatic hydroxyl groups excluding tert-OH is 2. The van der Waals surface area contributed by atoms with Crippen molar-refractivity contribution >= 4 is 0 Å². The molecule has 1 rings (SSSR count). The van der Waals surface area contributed by atoms with E-state index < -0.39 is 29.4 Å². The van der Waals surface area contributed by atoms with Crippen molar-refractivity contribution in [1.29, 1.82) is 0 Å². The molecule has 0 saturated heterocycles. The van der Waals surface area contributed by atoms with Crippen LogP contribution in [0.1, 0.15) is 18.6 Å². The van der Waals surface area contributed by atoms with Gasteiger partial charge >= 0.3 is 0 Å². The van der Waals surface area contributed by atoms with E-state index in [1.54, 1.807) is 0 Å². The van der Waals surface area contributed by atoms with Gasteiger partial charge in [0.2, 0.25) is 0 Å². The molecule has 2 nitrogen and oxygen atoms in total. The van der Waals surface area contributed by atoms with E-state index in [4.69, 9.17) is 5.11 Å². The summed E-state index contributed by atoms with van der Waals surface area (Å²) in [6.07, 6.45) is -2.73. The van der Waals surface area contributed by atoms with Gasteiger partial charge in [-0.3, -0.25) is 0 Å². The van der Waals surface area contributed by atoms with Crippen LogP contribution in [0, 0.1) is 11.6 Å². The summed E-state index contributed by atoms with van der Waals surface area (Å²) < 4.78 is 25.9. The van der Waals surface area contributed by atoms with Gasteiger partial charge in [0.15, 0.2) is 0 Å². The minimum Gasteiger partial charge on any atom is -0.390 e. The molecule has 2 atom stereocenters. The van der Waals surface area contributed by atoms with Gasteiger partial charge in [-0.25, -0.2) is 8.78 Å². The highest BCUT2D eigenvalue weighted by Crippen LogP contribution is 2.22. The minimum atomic E-state index is -1.53. The number of hydrogen-bond acceptors (Lipinski definition) is 2. The highest BCUT2D eigenvalue weighted by molar-refractivity contribution is 5.22. The van der Waals surface area contributed by atoms with Crippen LogP contribution in [-0.2, 0) is 0 Å². The molecule has 0 aliphatic heterocycles. The third-order valence-corrected chi connectivity index (χ3v) is 1.75. The largest absolute Gasteiger partial charge is 0.390 e. The molecule has 4 heteroatoms. The molecule has 1 aromatic rings. The van der Waals surface area contributed by atoms with Gasteiger partial charge in [0.25, 0.3) is 0 Å². The second-order valence-electron chi connectivity index (χ2n) is 2.82. The van der Waals surface area contributed by atoms with Gasteiger partial charge in [-0.2, -0.15) is 0 Å². The van der Waals surface area contributed by atoms with Crippen molar-refractivity contribution in [3.63, 3.8) is 0 Å². The molecule has 2 N–H and O–H groups in total. The van der Waals surface area contributed by atoms with E-state index in [2.05, 4.69) is 0 Å². The van der Waals surface area contributed by atoms with Crippen molar-refractivity contribution in [2.75, 3.05) is 0 Å². The van der Waals surface area contributed by atoms with Crippen LogP contribution in [0.4, 0.5) is 8.78 Å². The average Bonchev–Trinajstić information content (AvgIpc) is 2.03. The molecule has 13 heavy (non-hydrogen) atoms. The third-order valence-electron chi connectivity index (χ3n) is 1.75. The normalized spacial score (nSPS) is 15.5. The summed E-state index contributed by atoms with van der Waals surface area (Å²) in [4.78, 5) is 0. The van der Waals surface area contributed by atoms with Gasteiger partial charge in [0, 0.05) is 0 Å². The molecule has 72 valence electrons. The molecular weight excluding hydrogens is 178 g/mol. The maximum Gasteiger partial charge on any atom is 0.132 e. The molecule has 0 radical (unpaired) electrons. The molecule has 0 unspecified atom stereocenters. The highest BCUT2D eigenvalue weighted by atomic mass is 19.1. The standard InChI is InChI=1S/C9H10F2O2/c1-5(12)9(13)8-6(10)3-2-4-7(8)11/h2-5,9,12-13H,1H3/t5-,9+/m0/s1. The Bertz CT molecular complexity index is 279. The van der Waals surface area contributed by atoms with E-state index in [0.717, 1.165) is 12.1 Å². The van der Waals surface area contributed by atoms with E-state index in [1.165, 1.54) is 13.0 Å². The Labute approximate surface area is 74.4 Å². The van der Waals surface area contributed by atoms with Gasteiger partial charge in [-0.1, -0.05) is 6.07 Å². The summed E-state index contributed by atoms with van der Waals surface area (Å²) in [6, 6.07) is 3.26. The van der Waals surface area contributed by atoms with E-state index in [9.17, 15) is 13.9 Å². The Morgan fingerprint density at radius 3 is 2.00 bits per heavy atom. The lowest BCUT2D eigenvalue weighted by Crippen LogP contribution is -2.16. The van der Waals surface area contributed by atoms with Crippen LogP contribution in [0.2, 0.25) is 0 Å². The van der Waals surface area contributed by atoms with Crippen LogP contribution in [0.5, 0.6) is 0 Å². The van der Waals surface area contributed by atoms with Crippen molar-refractivity contribution in [1.82, 2.24) is 0 Å². The minimum absolute atomic E-state index is 0.488. The van der Waals surface area contributed by atoms with E-state index >= 15 is 0 Å². The molecule has 0 aromatic heterocycles. The van der Waals surface area contributed by atoms with Crippen molar-refractivity contribution < 1.29 is 19.0 Å². The van der Waals surface area contributed by atoms with Gasteiger partial charge in [0.1, 0.15) is 17.7 Å². The SMILES string of the molecule is C[C@H](O)[C@@H](O)c1c(F)cccc1F. The second kappa shape index (κ2) is 3.81. The van der Waals surface area contributed by atoms with Crippen molar-refractivity contribution in [3.8, 4) is 0 Å².